The van der Waals surface area contributed by atoms with Crippen LogP contribution in [0.2, 0.25) is 0 Å². The number of aromatic amines is 1. The first-order chi connectivity index (χ1) is 8.74. The van der Waals surface area contributed by atoms with E-state index in [0.29, 0.717) is 23.1 Å². The predicted octanol–water partition coefficient (Wildman–Crippen LogP) is 1.03. The van der Waals surface area contributed by atoms with Crippen LogP contribution in [0.3, 0.4) is 0 Å². The number of imidazole rings is 1. The van der Waals surface area contributed by atoms with E-state index >= 15 is 0 Å². The largest absolute Gasteiger partial charge is 0.365 e. The number of hydrogen-bond acceptors (Lipinski definition) is 5. The van der Waals surface area contributed by atoms with Crippen molar-refractivity contribution in [2.75, 3.05) is 5.32 Å². The Hall–Kier alpha value is -1.69. The minimum atomic E-state index is 0.435. The first kappa shape index (κ1) is 10.3. The number of hydrogen-bond donors (Lipinski definition) is 3. The monoisotopic (exact) mass is 244 g/mol. The summed E-state index contributed by atoms with van der Waals surface area (Å²) >= 11 is 0. The molecule has 94 valence electrons. The van der Waals surface area contributed by atoms with E-state index in [1.807, 2.05) is 0 Å². The summed E-state index contributed by atoms with van der Waals surface area (Å²) in [7, 11) is 0. The third-order valence-electron chi connectivity index (χ3n) is 4.31. The average Bonchev–Trinajstić information content (AvgIpc) is 2.73. The molecule has 1 spiro atoms. The third-order valence-corrected chi connectivity index (χ3v) is 4.31. The Morgan fingerprint density at radius 2 is 2.06 bits per heavy atom. The highest BCUT2D eigenvalue weighted by Gasteiger charge is 2.51. The summed E-state index contributed by atoms with van der Waals surface area (Å²) in [5.74, 6) is 0.862. The molecule has 0 amide bonds. The van der Waals surface area contributed by atoms with Crippen LogP contribution >= 0.6 is 0 Å². The molecule has 0 radical (unpaired) electrons. The van der Waals surface area contributed by atoms with Crippen molar-refractivity contribution in [2.45, 2.75) is 37.8 Å². The standard InChI is InChI=1S/C12H16N6/c13-7-1-12(2-7)3-8(4-12)18-11-9-10(15-5-14-9)16-6-17-11/h5-8H,1-4,13H2,(H2,14,15,16,17,18). The molecule has 6 nitrogen and oxygen atoms in total. The molecule has 0 aliphatic heterocycles. The average molecular weight is 244 g/mol. The molecule has 0 unspecified atom stereocenters. The van der Waals surface area contributed by atoms with Crippen LogP contribution in [0.5, 0.6) is 0 Å². The second kappa shape index (κ2) is 3.41. The molecule has 2 aliphatic carbocycles. The van der Waals surface area contributed by atoms with E-state index in [4.69, 9.17) is 5.73 Å². The van der Waals surface area contributed by atoms with Crippen molar-refractivity contribution in [1.82, 2.24) is 19.9 Å². The van der Waals surface area contributed by atoms with E-state index < -0.39 is 0 Å². The lowest BCUT2D eigenvalue weighted by molar-refractivity contribution is 0.00114. The van der Waals surface area contributed by atoms with Crippen LogP contribution in [0.1, 0.15) is 25.7 Å². The lowest BCUT2D eigenvalue weighted by Crippen LogP contribution is -2.57. The van der Waals surface area contributed by atoms with Gasteiger partial charge in [0.15, 0.2) is 11.5 Å². The summed E-state index contributed by atoms with van der Waals surface area (Å²) in [6.45, 7) is 0. The van der Waals surface area contributed by atoms with Crippen molar-refractivity contribution in [3.63, 3.8) is 0 Å². The zero-order valence-corrected chi connectivity index (χ0v) is 10.1. The lowest BCUT2D eigenvalue weighted by atomic mass is 9.52. The van der Waals surface area contributed by atoms with Crippen molar-refractivity contribution in [2.24, 2.45) is 11.1 Å². The number of rotatable bonds is 2. The number of aromatic nitrogens is 4. The molecule has 0 saturated heterocycles. The predicted molar refractivity (Wildman–Crippen MR) is 68.0 cm³/mol. The van der Waals surface area contributed by atoms with Gasteiger partial charge in [-0.25, -0.2) is 15.0 Å². The van der Waals surface area contributed by atoms with Gasteiger partial charge in [0.2, 0.25) is 0 Å². The van der Waals surface area contributed by atoms with E-state index in [-0.39, 0.29) is 0 Å². The molecule has 6 heteroatoms. The maximum atomic E-state index is 5.87. The topological polar surface area (TPSA) is 92.5 Å². The molecule has 2 aliphatic rings. The van der Waals surface area contributed by atoms with Crippen LogP contribution < -0.4 is 11.1 Å². The molecule has 2 saturated carbocycles. The molecular weight excluding hydrogens is 228 g/mol. The molecule has 2 fully saturated rings. The van der Waals surface area contributed by atoms with Gasteiger partial charge in [-0.2, -0.15) is 0 Å². The van der Waals surface area contributed by atoms with Crippen LogP contribution in [0.15, 0.2) is 12.7 Å². The summed E-state index contributed by atoms with van der Waals surface area (Å²) in [5, 5.41) is 3.48. The maximum absolute atomic E-state index is 5.87. The van der Waals surface area contributed by atoms with Crippen LogP contribution in [0.25, 0.3) is 11.2 Å². The minimum Gasteiger partial charge on any atom is -0.365 e. The van der Waals surface area contributed by atoms with Gasteiger partial charge in [-0.15, -0.1) is 0 Å². The fraction of sp³-hybridized carbons (Fsp3) is 0.583. The highest BCUT2D eigenvalue weighted by atomic mass is 15.1. The van der Waals surface area contributed by atoms with Crippen molar-refractivity contribution in [1.29, 1.82) is 0 Å². The number of fused-ring (bicyclic) bond motifs is 1. The second-order valence-electron chi connectivity index (χ2n) is 5.74. The van der Waals surface area contributed by atoms with Crippen LogP contribution in [-0.4, -0.2) is 32.0 Å². The molecule has 18 heavy (non-hydrogen) atoms. The summed E-state index contributed by atoms with van der Waals surface area (Å²) in [6.07, 6.45) is 8.00. The Morgan fingerprint density at radius 3 is 2.83 bits per heavy atom. The van der Waals surface area contributed by atoms with Gasteiger partial charge in [-0.05, 0) is 31.1 Å². The van der Waals surface area contributed by atoms with Gasteiger partial charge in [0.05, 0.1) is 6.33 Å². The van der Waals surface area contributed by atoms with Crippen LogP contribution in [0.4, 0.5) is 5.82 Å². The Kier molecular flexibility index (Phi) is 1.94. The Morgan fingerprint density at radius 1 is 1.22 bits per heavy atom. The zero-order valence-electron chi connectivity index (χ0n) is 10.1. The van der Waals surface area contributed by atoms with Gasteiger partial charge in [-0.1, -0.05) is 0 Å². The van der Waals surface area contributed by atoms with Gasteiger partial charge in [0.1, 0.15) is 11.8 Å². The van der Waals surface area contributed by atoms with E-state index in [1.54, 1.807) is 12.7 Å². The van der Waals surface area contributed by atoms with E-state index in [2.05, 4.69) is 25.3 Å². The molecule has 0 aromatic carbocycles. The number of nitrogens with two attached hydrogens (primary N) is 1. The molecular formula is C12H16N6. The highest BCUT2D eigenvalue weighted by molar-refractivity contribution is 5.82. The van der Waals surface area contributed by atoms with Gasteiger partial charge in [-0.3, -0.25) is 0 Å². The number of anilines is 1. The summed E-state index contributed by atoms with van der Waals surface area (Å²) in [5.41, 5.74) is 8.01. The van der Waals surface area contributed by atoms with Gasteiger partial charge in [0.25, 0.3) is 0 Å². The minimum absolute atomic E-state index is 0.435. The van der Waals surface area contributed by atoms with Crippen molar-refractivity contribution < 1.29 is 0 Å². The summed E-state index contributed by atoms with van der Waals surface area (Å²) < 4.78 is 0. The van der Waals surface area contributed by atoms with Gasteiger partial charge in [0, 0.05) is 12.1 Å². The fourth-order valence-electron chi connectivity index (χ4n) is 3.54. The maximum Gasteiger partial charge on any atom is 0.182 e. The Balaban J connectivity index is 1.48. The SMILES string of the molecule is NC1CC2(C1)CC(Nc1ncnc3nc[nH]c13)C2. The molecule has 0 atom stereocenters. The van der Waals surface area contributed by atoms with Crippen molar-refractivity contribution in [3.05, 3.63) is 12.7 Å². The van der Waals surface area contributed by atoms with Crippen LogP contribution in [-0.2, 0) is 0 Å². The van der Waals surface area contributed by atoms with Gasteiger partial charge >= 0.3 is 0 Å². The first-order valence-corrected chi connectivity index (χ1v) is 6.40. The first-order valence-electron chi connectivity index (χ1n) is 6.40. The van der Waals surface area contributed by atoms with E-state index in [0.717, 1.165) is 11.3 Å². The quantitative estimate of drug-likeness (QED) is 0.734. The lowest BCUT2D eigenvalue weighted by Gasteiger charge is -2.57. The number of H-pyrrole nitrogens is 1. The van der Waals surface area contributed by atoms with E-state index in [9.17, 15) is 0 Å². The zero-order chi connectivity index (χ0) is 12.2. The molecule has 2 aromatic rings. The summed E-state index contributed by atoms with van der Waals surface area (Å²) in [4.78, 5) is 15.6. The molecule has 4 N–H and O–H groups in total. The smallest absolute Gasteiger partial charge is 0.182 e. The normalized spacial score (nSPS) is 34.3. The fourth-order valence-corrected chi connectivity index (χ4v) is 3.54. The molecule has 2 aromatic heterocycles. The van der Waals surface area contributed by atoms with Crippen molar-refractivity contribution in [3.8, 4) is 0 Å². The van der Waals surface area contributed by atoms with Crippen molar-refractivity contribution >= 4 is 17.0 Å². The summed E-state index contributed by atoms with van der Waals surface area (Å²) in [6, 6.07) is 0.947. The Bertz CT molecular complexity index is 577. The van der Waals surface area contributed by atoms with E-state index in [1.165, 1.54) is 25.7 Å². The number of nitrogens with zero attached hydrogens (tertiary/aromatic N) is 3. The Labute approximate surface area is 104 Å². The molecule has 2 heterocycles. The third kappa shape index (κ3) is 1.42. The second-order valence-corrected chi connectivity index (χ2v) is 5.74. The molecule has 4 rings (SSSR count). The number of nitrogens with one attached hydrogen (secondary N) is 2. The molecule has 0 bridgehead atoms. The van der Waals surface area contributed by atoms with Crippen LogP contribution in [0, 0.1) is 5.41 Å². The van der Waals surface area contributed by atoms with Gasteiger partial charge < -0.3 is 16.0 Å². The highest BCUT2D eigenvalue weighted by Crippen LogP contribution is 2.55.